The molecule has 1 heterocycles. The van der Waals surface area contributed by atoms with E-state index in [0.717, 1.165) is 4.47 Å². The SMILES string of the molecule is CC(C)CNC(=O)CCNc1ncc(N)cc1Br. The quantitative estimate of drug-likeness (QED) is 0.750. The number of rotatable bonds is 6. The number of nitrogen functional groups attached to an aromatic ring is 1. The van der Waals surface area contributed by atoms with Crippen LogP contribution in [0.15, 0.2) is 16.7 Å². The van der Waals surface area contributed by atoms with Gasteiger partial charge in [-0.25, -0.2) is 4.98 Å². The van der Waals surface area contributed by atoms with Gasteiger partial charge in [-0.2, -0.15) is 0 Å². The average Bonchev–Trinajstić information content (AvgIpc) is 2.29. The summed E-state index contributed by atoms with van der Waals surface area (Å²) in [6, 6.07) is 1.77. The van der Waals surface area contributed by atoms with Gasteiger partial charge >= 0.3 is 0 Å². The first kappa shape index (κ1) is 14.8. The van der Waals surface area contributed by atoms with Crippen LogP contribution in [0.25, 0.3) is 0 Å². The molecule has 1 aromatic rings. The lowest BCUT2D eigenvalue weighted by Crippen LogP contribution is -2.28. The van der Waals surface area contributed by atoms with Crippen LogP contribution >= 0.6 is 15.9 Å². The minimum absolute atomic E-state index is 0.0442. The van der Waals surface area contributed by atoms with Crippen molar-refractivity contribution >= 4 is 33.3 Å². The number of pyridine rings is 1. The number of hydrogen-bond donors (Lipinski definition) is 3. The van der Waals surface area contributed by atoms with Gasteiger partial charge in [-0.05, 0) is 27.9 Å². The molecule has 0 spiro atoms. The molecule has 0 bridgehead atoms. The Labute approximate surface area is 116 Å². The third kappa shape index (κ3) is 5.35. The van der Waals surface area contributed by atoms with Crippen LogP contribution in [0.2, 0.25) is 0 Å². The standard InChI is InChI=1S/C12H19BrN4O/c1-8(2)6-16-11(18)3-4-15-12-10(13)5-9(14)7-17-12/h5,7-8H,3-4,6,14H2,1-2H3,(H,15,17)(H,16,18). The molecule has 100 valence electrons. The fourth-order valence-electron chi connectivity index (χ4n) is 1.28. The lowest BCUT2D eigenvalue weighted by atomic mass is 10.2. The van der Waals surface area contributed by atoms with Gasteiger partial charge in [-0.1, -0.05) is 13.8 Å². The lowest BCUT2D eigenvalue weighted by molar-refractivity contribution is -0.120. The molecule has 0 aliphatic rings. The zero-order valence-corrected chi connectivity index (χ0v) is 12.3. The molecule has 1 aromatic heterocycles. The maximum absolute atomic E-state index is 11.5. The summed E-state index contributed by atoms with van der Waals surface area (Å²) < 4.78 is 0.796. The van der Waals surface area contributed by atoms with Gasteiger partial charge in [-0.15, -0.1) is 0 Å². The third-order valence-corrected chi connectivity index (χ3v) is 2.82. The summed E-state index contributed by atoms with van der Waals surface area (Å²) in [5.74, 6) is 1.21. The molecule has 0 unspecified atom stereocenters. The molecule has 18 heavy (non-hydrogen) atoms. The maximum atomic E-state index is 11.5. The summed E-state index contributed by atoms with van der Waals surface area (Å²) in [6.45, 7) is 5.38. The molecule has 0 radical (unpaired) electrons. The van der Waals surface area contributed by atoms with E-state index < -0.39 is 0 Å². The second kappa shape index (κ2) is 7.20. The number of nitrogens with one attached hydrogen (secondary N) is 2. The first-order chi connectivity index (χ1) is 8.49. The van der Waals surface area contributed by atoms with E-state index in [1.807, 2.05) is 0 Å². The zero-order chi connectivity index (χ0) is 13.5. The Balaban J connectivity index is 2.31. The van der Waals surface area contributed by atoms with Crippen molar-refractivity contribution in [3.8, 4) is 0 Å². The van der Waals surface area contributed by atoms with Crippen molar-refractivity contribution in [2.45, 2.75) is 20.3 Å². The first-order valence-electron chi connectivity index (χ1n) is 5.90. The Bertz CT molecular complexity index is 409. The predicted octanol–water partition coefficient (Wildman–Crippen LogP) is 2.00. The van der Waals surface area contributed by atoms with Gasteiger partial charge in [0.25, 0.3) is 0 Å². The van der Waals surface area contributed by atoms with E-state index in [4.69, 9.17) is 5.73 Å². The molecule has 6 heteroatoms. The number of nitrogens with zero attached hydrogens (tertiary/aromatic N) is 1. The highest BCUT2D eigenvalue weighted by molar-refractivity contribution is 9.10. The molecule has 4 N–H and O–H groups in total. The van der Waals surface area contributed by atoms with Crippen LogP contribution in [0.1, 0.15) is 20.3 Å². The van der Waals surface area contributed by atoms with Crippen molar-refractivity contribution in [3.05, 3.63) is 16.7 Å². The monoisotopic (exact) mass is 314 g/mol. The minimum atomic E-state index is 0.0442. The Hall–Kier alpha value is -1.30. The van der Waals surface area contributed by atoms with Gasteiger partial charge in [0.2, 0.25) is 5.91 Å². The van der Waals surface area contributed by atoms with E-state index in [0.29, 0.717) is 36.9 Å². The number of hydrogen-bond acceptors (Lipinski definition) is 4. The second-order valence-electron chi connectivity index (χ2n) is 4.47. The maximum Gasteiger partial charge on any atom is 0.221 e. The van der Waals surface area contributed by atoms with E-state index in [-0.39, 0.29) is 5.91 Å². The number of aromatic nitrogens is 1. The van der Waals surface area contributed by atoms with Gasteiger partial charge in [-0.3, -0.25) is 4.79 Å². The van der Waals surface area contributed by atoms with Crippen molar-refractivity contribution < 1.29 is 4.79 Å². The second-order valence-corrected chi connectivity index (χ2v) is 5.33. The summed E-state index contributed by atoms with van der Waals surface area (Å²) in [4.78, 5) is 15.6. The van der Waals surface area contributed by atoms with E-state index in [1.54, 1.807) is 12.3 Å². The minimum Gasteiger partial charge on any atom is -0.397 e. The van der Waals surface area contributed by atoms with Crippen LogP contribution in [0.4, 0.5) is 11.5 Å². The number of carbonyl (C=O) groups excluding carboxylic acids is 1. The van der Waals surface area contributed by atoms with Crippen molar-refractivity contribution in [2.75, 3.05) is 24.1 Å². The van der Waals surface area contributed by atoms with Crippen LogP contribution in [-0.4, -0.2) is 24.0 Å². The summed E-state index contributed by atoms with van der Waals surface area (Å²) in [5.41, 5.74) is 6.19. The first-order valence-corrected chi connectivity index (χ1v) is 6.70. The number of carbonyl (C=O) groups is 1. The lowest BCUT2D eigenvalue weighted by Gasteiger charge is -2.09. The molecule has 0 atom stereocenters. The molecular weight excluding hydrogens is 296 g/mol. The fourth-order valence-corrected chi connectivity index (χ4v) is 1.79. The van der Waals surface area contributed by atoms with Crippen molar-refractivity contribution in [3.63, 3.8) is 0 Å². The molecule has 0 aliphatic heterocycles. The van der Waals surface area contributed by atoms with Crippen molar-refractivity contribution in [2.24, 2.45) is 5.92 Å². The number of nitrogens with two attached hydrogens (primary N) is 1. The van der Waals surface area contributed by atoms with E-state index in [1.165, 1.54) is 0 Å². The topological polar surface area (TPSA) is 80.0 Å². The van der Waals surface area contributed by atoms with E-state index in [9.17, 15) is 4.79 Å². The smallest absolute Gasteiger partial charge is 0.221 e. The largest absolute Gasteiger partial charge is 0.397 e. The summed E-state index contributed by atoms with van der Waals surface area (Å²) >= 11 is 3.36. The molecular formula is C12H19BrN4O. The molecule has 0 aromatic carbocycles. The van der Waals surface area contributed by atoms with Crippen LogP contribution in [0.5, 0.6) is 0 Å². The Morgan fingerprint density at radius 2 is 2.28 bits per heavy atom. The summed E-state index contributed by atoms with van der Waals surface area (Å²) in [7, 11) is 0. The molecule has 5 nitrogen and oxygen atoms in total. The number of halogens is 1. The van der Waals surface area contributed by atoms with Gasteiger partial charge in [0.15, 0.2) is 0 Å². The number of amides is 1. The fraction of sp³-hybridized carbons (Fsp3) is 0.500. The van der Waals surface area contributed by atoms with E-state index >= 15 is 0 Å². The molecule has 0 aliphatic carbocycles. The Morgan fingerprint density at radius 3 is 2.89 bits per heavy atom. The van der Waals surface area contributed by atoms with Crippen LogP contribution in [-0.2, 0) is 4.79 Å². The normalized spacial score (nSPS) is 10.4. The average molecular weight is 315 g/mol. The van der Waals surface area contributed by atoms with Gasteiger partial charge < -0.3 is 16.4 Å². The molecule has 1 amide bonds. The zero-order valence-electron chi connectivity index (χ0n) is 10.7. The highest BCUT2D eigenvalue weighted by Crippen LogP contribution is 2.21. The Kier molecular flexibility index (Phi) is 5.91. The van der Waals surface area contributed by atoms with Gasteiger partial charge in [0.1, 0.15) is 5.82 Å². The molecule has 0 saturated carbocycles. The van der Waals surface area contributed by atoms with Crippen LogP contribution < -0.4 is 16.4 Å². The number of anilines is 2. The van der Waals surface area contributed by atoms with Crippen LogP contribution in [0.3, 0.4) is 0 Å². The Morgan fingerprint density at radius 1 is 1.56 bits per heavy atom. The van der Waals surface area contributed by atoms with Crippen molar-refractivity contribution in [1.82, 2.24) is 10.3 Å². The van der Waals surface area contributed by atoms with Gasteiger partial charge in [0, 0.05) is 19.5 Å². The van der Waals surface area contributed by atoms with E-state index in [2.05, 4.69) is 45.4 Å². The molecule has 1 rings (SSSR count). The molecule has 0 fully saturated rings. The highest BCUT2D eigenvalue weighted by atomic mass is 79.9. The molecule has 0 saturated heterocycles. The summed E-state index contributed by atoms with van der Waals surface area (Å²) in [5, 5.41) is 5.95. The predicted molar refractivity (Wildman–Crippen MR) is 77.3 cm³/mol. The van der Waals surface area contributed by atoms with Gasteiger partial charge in [0.05, 0.1) is 16.4 Å². The third-order valence-electron chi connectivity index (χ3n) is 2.21. The summed E-state index contributed by atoms with van der Waals surface area (Å²) in [6.07, 6.45) is 2.00. The highest BCUT2D eigenvalue weighted by Gasteiger charge is 2.04. The van der Waals surface area contributed by atoms with Crippen LogP contribution in [0, 0.1) is 5.92 Å². The van der Waals surface area contributed by atoms with Crippen molar-refractivity contribution in [1.29, 1.82) is 0 Å².